The Morgan fingerprint density at radius 3 is 2.68 bits per heavy atom. The van der Waals surface area contributed by atoms with Gasteiger partial charge >= 0.3 is 0 Å². The highest BCUT2D eigenvalue weighted by Gasteiger charge is 2.25. The Morgan fingerprint density at radius 2 is 1.92 bits per heavy atom. The van der Waals surface area contributed by atoms with E-state index >= 15 is 0 Å². The molecule has 0 spiro atoms. The first kappa shape index (κ1) is 17.1. The molecule has 0 aliphatic rings. The quantitative estimate of drug-likeness (QED) is 0.721. The fourth-order valence-electron chi connectivity index (χ4n) is 2.95. The zero-order valence-corrected chi connectivity index (χ0v) is 14.2. The zero-order valence-electron chi connectivity index (χ0n) is 14.2. The van der Waals surface area contributed by atoms with Crippen molar-refractivity contribution in [3.63, 3.8) is 0 Å². The number of hydrogen-bond donors (Lipinski definition) is 2. The predicted molar refractivity (Wildman–Crippen MR) is 94.4 cm³/mol. The highest BCUT2D eigenvalue weighted by molar-refractivity contribution is 5.84. The van der Waals surface area contributed by atoms with Crippen LogP contribution in [0.2, 0.25) is 0 Å². The summed E-state index contributed by atoms with van der Waals surface area (Å²) in [7, 11) is 0. The summed E-state index contributed by atoms with van der Waals surface area (Å²) in [6.45, 7) is 4.40. The molecule has 0 fully saturated rings. The number of rotatable bonds is 5. The molecule has 1 aromatic heterocycles. The molecule has 0 atom stereocenters. The van der Waals surface area contributed by atoms with E-state index in [2.05, 4.69) is 10.3 Å². The summed E-state index contributed by atoms with van der Waals surface area (Å²) in [5.41, 5.74) is 1.73. The standard InChI is InChI=1S/C20H20F2N2O/c1-20(2,16-11-23-18-10-14(21)7-8-15(16)18)12-24-19(25)9-13-5-3-4-6-17(13)22/h3-8,10-11,23H,9,12H2,1-2H3,(H,24,25). The van der Waals surface area contributed by atoms with E-state index in [1.165, 1.54) is 18.2 Å². The molecule has 5 heteroatoms. The minimum Gasteiger partial charge on any atom is -0.361 e. The van der Waals surface area contributed by atoms with Gasteiger partial charge in [0.05, 0.1) is 6.42 Å². The lowest BCUT2D eigenvalue weighted by atomic mass is 9.84. The first-order valence-corrected chi connectivity index (χ1v) is 8.14. The van der Waals surface area contributed by atoms with Crippen molar-refractivity contribution >= 4 is 16.8 Å². The van der Waals surface area contributed by atoms with Crippen molar-refractivity contribution in [1.82, 2.24) is 10.3 Å². The fourth-order valence-corrected chi connectivity index (χ4v) is 2.95. The van der Waals surface area contributed by atoms with Gasteiger partial charge in [-0.15, -0.1) is 0 Å². The molecule has 0 radical (unpaired) electrons. The Balaban J connectivity index is 1.70. The summed E-state index contributed by atoms with van der Waals surface area (Å²) in [5, 5.41) is 3.80. The van der Waals surface area contributed by atoms with Gasteiger partial charge in [0.1, 0.15) is 11.6 Å². The minimum atomic E-state index is -0.379. The van der Waals surface area contributed by atoms with Gasteiger partial charge in [0.25, 0.3) is 0 Å². The summed E-state index contributed by atoms with van der Waals surface area (Å²) in [6, 6.07) is 10.9. The lowest BCUT2D eigenvalue weighted by Gasteiger charge is -2.25. The molecule has 0 aliphatic heterocycles. The molecule has 2 aromatic carbocycles. The van der Waals surface area contributed by atoms with Crippen LogP contribution >= 0.6 is 0 Å². The van der Waals surface area contributed by atoms with E-state index in [9.17, 15) is 13.6 Å². The second-order valence-corrected chi connectivity index (χ2v) is 6.82. The second kappa shape index (κ2) is 6.67. The Bertz CT molecular complexity index is 915. The van der Waals surface area contributed by atoms with Gasteiger partial charge < -0.3 is 10.3 Å². The van der Waals surface area contributed by atoms with Crippen molar-refractivity contribution in [3.05, 3.63) is 71.4 Å². The number of H-pyrrole nitrogens is 1. The molecule has 3 rings (SSSR count). The average Bonchev–Trinajstić information content (AvgIpc) is 2.99. The Morgan fingerprint density at radius 1 is 1.16 bits per heavy atom. The summed E-state index contributed by atoms with van der Waals surface area (Å²) in [6.07, 6.45) is 1.84. The molecule has 0 bridgehead atoms. The predicted octanol–water partition coefficient (Wildman–Crippen LogP) is 4.08. The minimum absolute atomic E-state index is 0.00183. The molecule has 0 saturated heterocycles. The third kappa shape index (κ3) is 3.71. The van der Waals surface area contributed by atoms with Crippen LogP contribution in [-0.4, -0.2) is 17.4 Å². The molecule has 3 nitrogen and oxygen atoms in total. The molecular weight excluding hydrogens is 322 g/mol. The van der Waals surface area contributed by atoms with Gasteiger partial charge in [-0.3, -0.25) is 4.79 Å². The van der Waals surface area contributed by atoms with Gasteiger partial charge in [-0.2, -0.15) is 0 Å². The number of halogens is 2. The van der Waals surface area contributed by atoms with Gasteiger partial charge in [-0.25, -0.2) is 8.78 Å². The third-order valence-electron chi connectivity index (χ3n) is 4.41. The highest BCUT2D eigenvalue weighted by Crippen LogP contribution is 2.30. The van der Waals surface area contributed by atoms with Gasteiger partial charge in [-0.1, -0.05) is 32.0 Å². The summed E-state index contributed by atoms with van der Waals surface area (Å²) in [5.74, 6) is -0.906. The van der Waals surface area contributed by atoms with Crippen LogP contribution in [0.3, 0.4) is 0 Å². The maximum Gasteiger partial charge on any atom is 0.224 e. The summed E-state index contributed by atoms with van der Waals surface area (Å²) in [4.78, 5) is 15.2. The first-order chi connectivity index (χ1) is 11.9. The number of nitrogens with one attached hydrogen (secondary N) is 2. The molecule has 0 saturated carbocycles. The van der Waals surface area contributed by atoms with Crippen molar-refractivity contribution in [1.29, 1.82) is 0 Å². The topological polar surface area (TPSA) is 44.9 Å². The van der Waals surface area contributed by atoms with Crippen molar-refractivity contribution in [3.8, 4) is 0 Å². The largest absolute Gasteiger partial charge is 0.361 e. The van der Waals surface area contributed by atoms with Crippen molar-refractivity contribution < 1.29 is 13.6 Å². The molecule has 3 aromatic rings. The molecule has 1 heterocycles. The lowest BCUT2D eigenvalue weighted by molar-refractivity contribution is -0.120. The molecule has 0 unspecified atom stereocenters. The number of fused-ring (bicyclic) bond motifs is 1. The number of hydrogen-bond acceptors (Lipinski definition) is 1. The average molecular weight is 342 g/mol. The van der Waals surface area contributed by atoms with E-state index < -0.39 is 0 Å². The van der Waals surface area contributed by atoms with Gasteiger partial charge in [-0.05, 0) is 35.4 Å². The van der Waals surface area contributed by atoms with Gasteiger partial charge in [0.15, 0.2) is 0 Å². The maximum atomic E-state index is 13.6. The number of carbonyl (C=O) groups is 1. The van der Waals surface area contributed by atoms with E-state index in [0.717, 1.165) is 16.5 Å². The van der Waals surface area contributed by atoms with E-state index in [4.69, 9.17) is 0 Å². The van der Waals surface area contributed by atoms with Crippen molar-refractivity contribution in [2.45, 2.75) is 25.7 Å². The SMILES string of the molecule is CC(C)(CNC(=O)Cc1ccccc1F)c1c[nH]c2cc(F)ccc12. The maximum absolute atomic E-state index is 13.6. The molecule has 1 amide bonds. The second-order valence-electron chi connectivity index (χ2n) is 6.82. The number of carbonyl (C=O) groups excluding carboxylic acids is 1. The Kier molecular flexibility index (Phi) is 4.57. The van der Waals surface area contributed by atoms with Crippen LogP contribution in [0.5, 0.6) is 0 Å². The van der Waals surface area contributed by atoms with Crippen LogP contribution in [0, 0.1) is 11.6 Å². The summed E-state index contributed by atoms with van der Waals surface area (Å²) < 4.78 is 27.0. The molecule has 0 aliphatic carbocycles. The van der Waals surface area contributed by atoms with E-state index in [0.29, 0.717) is 12.1 Å². The molecule has 2 N–H and O–H groups in total. The fraction of sp³-hybridized carbons (Fsp3) is 0.250. The van der Waals surface area contributed by atoms with E-state index in [1.807, 2.05) is 20.0 Å². The van der Waals surface area contributed by atoms with Crippen LogP contribution in [-0.2, 0) is 16.6 Å². The van der Waals surface area contributed by atoms with Gasteiger partial charge in [0.2, 0.25) is 5.91 Å². The third-order valence-corrected chi connectivity index (χ3v) is 4.41. The zero-order chi connectivity index (χ0) is 18.0. The van der Waals surface area contributed by atoms with Gasteiger partial charge in [0, 0.05) is 29.1 Å². The molecule has 130 valence electrons. The van der Waals surface area contributed by atoms with Crippen molar-refractivity contribution in [2.75, 3.05) is 6.54 Å². The summed E-state index contributed by atoms with van der Waals surface area (Å²) >= 11 is 0. The Hall–Kier alpha value is -2.69. The van der Waals surface area contributed by atoms with E-state index in [1.54, 1.807) is 24.3 Å². The van der Waals surface area contributed by atoms with Crippen LogP contribution in [0.25, 0.3) is 10.9 Å². The van der Waals surface area contributed by atoms with Crippen LogP contribution in [0.1, 0.15) is 25.0 Å². The van der Waals surface area contributed by atoms with Crippen molar-refractivity contribution in [2.24, 2.45) is 0 Å². The first-order valence-electron chi connectivity index (χ1n) is 8.14. The normalized spacial score (nSPS) is 11.7. The number of aromatic nitrogens is 1. The van der Waals surface area contributed by atoms with E-state index in [-0.39, 0.29) is 29.4 Å². The van der Waals surface area contributed by atoms with Crippen LogP contribution < -0.4 is 5.32 Å². The van der Waals surface area contributed by atoms with Crippen LogP contribution in [0.4, 0.5) is 8.78 Å². The lowest BCUT2D eigenvalue weighted by Crippen LogP contribution is -2.37. The monoisotopic (exact) mass is 342 g/mol. The number of aromatic amines is 1. The molecular formula is C20H20F2N2O. The number of benzene rings is 2. The smallest absolute Gasteiger partial charge is 0.224 e. The number of amides is 1. The highest BCUT2D eigenvalue weighted by atomic mass is 19.1. The Labute approximate surface area is 145 Å². The van der Waals surface area contributed by atoms with Crippen LogP contribution in [0.15, 0.2) is 48.7 Å². The molecule has 25 heavy (non-hydrogen) atoms.